The van der Waals surface area contributed by atoms with E-state index in [0.717, 1.165) is 10.9 Å². The van der Waals surface area contributed by atoms with Gasteiger partial charge in [0.1, 0.15) is 0 Å². The molecular formula is C13H17Br. The van der Waals surface area contributed by atoms with Crippen molar-refractivity contribution < 1.29 is 0 Å². The van der Waals surface area contributed by atoms with Crippen LogP contribution in [0.4, 0.5) is 0 Å². The normalized spacial score (nSPS) is 11.4. The fourth-order valence-corrected chi connectivity index (χ4v) is 1.69. The molecule has 0 fully saturated rings. The standard InChI is InChI=1S/C13H17Br/c1-10(14)8-11-6-5-7-12(9-11)13(2,3)4/h5-7,9H,1,8H2,2-4H3. The van der Waals surface area contributed by atoms with Crippen molar-refractivity contribution in [1.82, 2.24) is 0 Å². The van der Waals surface area contributed by atoms with E-state index in [1.54, 1.807) is 0 Å². The predicted molar refractivity (Wildman–Crippen MR) is 66.9 cm³/mol. The Bertz CT molecular complexity index is 331. The Kier molecular flexibility index (Phi) is 3.54. The lowest BCUT2D eigenvalue weighted by molar-refractivity contribution is 0.589. The van der Waals surface area contributed by atoms with Crippen LogP contribution in [-0.2, 0) is 11.8 Å². The summed E-state index contributed by atoms with van der Waals surface area (Å²) in [5, 5.41) is 0. The highest BCUT2D eigenvalue weighted by Gasteiger charge is 2.13. The monoisotopic (exact) mass is 252 g/mol. The van der Waals surface area contributed by atoms with Crippen LogP contribution in [0.5, 0.6) is 0 Å². The molecule has 0 saturated carbocycles. The number of hydrogen-bond acceptors (Lipinski definition) is 0. The van der Waals surface area contributed by atoms with Crippen LogP contribution in [0.15, 0.2) is 35.3 Å². The number of hydrogen-bond donors (Lipinski definition) is 0. The highest BCUT2D eigenvalue weighted by molar-refractivity contribution is 9.11. The Morgan fingerprint density at radius 1 is 1.36 bits per heavy atom. The van der Waals surface area contributed by atoms with Crippen molar-refractivity contribution in [2.75, 3.05) is 0 Å². The van der Waals surface area contributed by atoms with Crippen molar-refractivity contribution in [1.29, 1.82) is 0 Å². The van der Waals surface area contributed by atoms with Gasteiger partial charge in [0.25, 0.3) is 0 Å². The molecule has 0 N–H and O–H groups in total. The van der Waals surface area contributed by atoms with Gasteiger partial charge in [-0.1, -0.05) is 67.5 Å². The number of benzene rings is 1. The molecule has 1 aromatic rings. The van der Waals surface area contributed by atoms with Crippen LogP contribution in [-0.4, -0.2) is 0 Å². The fraction of sp³-hybridized carbons (Fsp3) is 0.385. The molecule has 76 valence electrons. The number of halogens is 1. The zero-order valence-electron chi connectivity index (χ0n) is 9.10. The van der Waals surface area contributed by atoms with E-state index in [-0.39, 0.29) is 5.41 Å². The second-order valence-corrected chi connectivity index (χ2v) is 5.77. The highest BCUT2D eigenvalue weighted by atomic mass is 79.9. The third-order valence-electron chi connectivity index (χ3n) is 2.19. The lowest BCUT2D eigenvalue weighted by Gasteiger charge is -2.19. The largest absolute Gasteiger partial charge is 0.0885 e. The third-order valence-corrected chi connectivity index (χ3v) is 2.47. The number of rotatable bonds is 2. The maximum Gasteiger partial charge on any atom is 0.00348 e. The van der Waals surface area contributed by atoms with Gasteiger partial charge in [0.2, 0.25) is 0 Å². The SMILES string of the molecule is C=C(Br)Cc1cccc(C(C)(C)C)c1. The van der Waals surface area contributed by atoms with Crippen LogP contribution in [0.25, 0.3) is 0 Å². The van der Waals surface area contributed by atoms with Crippen LogP contribution in [0, 0.1) is 0 Å². The molecule has 1 aromatic carbocycles. The Balaban J connectivity index is 2.95. The summed E-state index contributed by atoms with van der Waals surface area (Å²) < 4.78 is 1.03. The van der Waals surface area contributed by atoms with E-state index in [0.29, 0.717) is 0 Å². The summed E-state index contributed by atoms with van der Waals surface area (Å²) in [6.45, 7) is 10.6. The smallest absolute Gasteiger partial charge is 0.00348 e. The Morgan fingerprint density at radius 2 is 2.00 bits per heavy atom. The molecule has 0 unspecified atom stereocenters. The topological polar surface area (TPSA) is 0 Å². The molecule has 1 heteroatoms. The third kappa shape index (κ3) is 3.30. The van der Waals surface area contributed by atoms with Gasteiger partial charge < -0.3 is 0 Å². The molecule has 0 nitrogen and oxygen atoms in total. The van der Waals surface area contributed by atoms with Crippen molar-refractivity contribution in [3.63, 3.8) is 0 Å². The summed E-state index contributed by atoms with van der Waals surface area (Å²) in [5.41, 5.74) is 2.92. The highest BCUT2D eigenvalue weighted by Crippen LogP contribution is 2.24. The Labute approximate surface area is 95.2 Å². The van der Waals surface area contributed by atoms with E-state index >= 15 is 0 Å². The van der Waals surface area contributed by atoms with Crippen molar-refractivity contribution >= 4 is 15.9 Å². The molecule has 0 aromatic heterocycles. The summed E-state index contributed by atoms with van der Waals surface area (Å²) in [6, 6.07) is 8.69. The summed E-state index contributed by atoms with van der Waals surface area (Å²) >= 11 is 3.39. The second-order valence-electron chi connectivity index (χ2n) is 4.64. The van der Waals surface area contributed by atoms with Gasteiger partial charge in [0, 0.05) is 6.42 Å². The van der Waals surface area contributed by atoms with Gasteiger partial charge in [-0.05, 0) is 21.0 Å². The maximum atomic E-state index is 3.86. The van der Waals surface area contributed by atoms with Gasteiger partial charge in [-0.2, -0.15) is 0 Å². The molecule has 0 aliphatic carbocycles. The molecule has 0 saturated heterocycles. The zero-order chi connectivity index (χ0) is 10.8. The molecule has 0 heterocycles. The zero-order valence-corrected chi connectivity index (χ0v) is 10.7. The van der Waals surface area contributed by atoms with E-state index in [9.17, 15) is 0 Å². The van der Waals surface area contributed by atoms with Crippen LogP contribution < -0.4 is 0 Å². The lowest BCUT2D eigenvalue weighted by Crippen LogP contribution is -2.11. The van der Waals surface area contributed by atoms with E-state index in [2.05, 4.69) is 67.5 Å². The second kappa shape index (κ2) is 4.31. The Hall–Kier alpha value is -0.560. The first-order chi connectivity index (χ1) is 6.39. The quantitative estimate of drug-likeness (QED) is 0.731. The minimum atomic E-state index is 0.226. The number of allylic oxidation sites excluding steroid dienone is 1. The van der Waals surface area contributed by atoms with Gasteiger partial charge in [-0.25, -0.2) is 0 Å². The summed E-state index contributed by atoms with van der Waals surface area (Å²) in [6.07, 6.45) is 0.907. The minimum absolute atomic E-state index is 0.226. The van der Waals surface area contributed by atoms with Crippen LogP contribution in [0.3, 0.4) is 0 Å². The van der Waals surface area contributed by atoms with Crippen molar-refractivity contribution in [2.24, 2.45) is 0 Å². The lowest BCUT2D eigenvalue weighted by atomic mass is 9.86. The average molecular weight is 253 g/mol. The van der Waals surface area contributed by atoms with E-state index < -0.39 is 0 Å². The van der Waals surface area contributed by atoms with Crippen LogP contribution in [0.2, 0.25) is 0 Å². The van der Waals surface area contributed by atoms with Crippen molar-refractivity contribution in [3.05, 3.63) is 46.5 Å². The van der Waals surface area contributed by atoms with E-state index in [1.807, 2.05) is 0 Å². The van der Waals surface area contributed by atoms with Crippen molar-refractivity contribution in [2.45, 2.75) is 32.6 Å². The molecule has 0 spiro atoms. The van der Waals surface area contributed by atoms with E-state index in [1.165, 1.54) is 11.1 Å². The molecule has 0 atom stereocenters. The van der Waals surface area contributed by atoms with Gasteiger partial charge >= 0.3 is 0 Å². The molecule has 0 aliphatic heterocycles. The first-order valence-corrected chi connectivity index (χ1v) is 5.61. The molecule has 0 amide bonds. The molecular weight excluding hydrogens is 236 g/mol. The average Bonchev–Trinajstić information content (AvgIpc) is 2.01. The van der Waals surface area contributed by atoms with Gasteiger partial charge in [0.15, 0.2) is 0 Å². The van der Waals surface area contributed by atoms with Gasteiger partial charge in [-0.15, -0.1) is 0 Å². The molecule has 1 rings (SSSR count). The van der Waals surface area contributed by atoms with Crippen LogP contribution in [0.1, 0.15) is 31.9 Å². The molecule has 0 bridgehead atoms. The molecule has 14 heavy (non-hydrogen) atoms. The first-order valence-electron chi connectivity index (χ1n) is 4.82. The Morgan fingerprint density at radius 3 is 2.50 bits per heavy atom. The van der Waals surface area contributed by atoms with Crippen molar-refractivity contribution in [3.8, 4) is 0 Å². The molecule has 0 radical (unpaired) electrons. The van der Waals surface area contributed by atoms with E-state index in [4.69, 9.17) is 0 Å². The van der Waals surface area contributed by atoms with Crippen LogP contribution >= 0.6 is 15.9 Å². The maximum absolute atomic E-state index is 3.86. The minimum Gasteiger partial charge on any atom is -0.0885 e. The molecule has 0 aliphatic rings. The summed E-state index contributed by atoms with van der Waals surface area (Å²) in [4.78, 5) is 0. The summed E-state index contributed by atoms with van der Waals surface area (Å²) in [7, 11) is 0. The van der Waals surface area contributed by atoms with Gasteiger partial charge in [-0.3, -0.25) is 0 Å². The van der Waals surface area contributed by atoms with Gasteiger partial charge in [0.05, 0.1) is 0 Å². The summed E-state index contributed by atoms with van der Waals surface area (Å²) in [5.74, 6) is 0. The fourth-order valence-electron chi connectivity index (χ4n) is 1.37. The first kappa shape index (κ1) is 11.5. The predicted octanol–water partition coefficient (Wildman–Crippen LogP) is 4.44.